The summed E-state index contributed by atoms with van der Waals surface area (Å²) < 4.78 is 11.1. The molecule has 1 N–H and O–H groups in total. The number of fused-ring (bicyclic) bond motifs is 1. The van der Waals surface area contributed by atoms with Crippen molar-refractivity contribution in [3.63, 3.8) is 0 Å². The van der Waals surface area contributed by atoms with E-state index < -0.39 is 5.92 Å². The third kappa shape index (κ3) is 3.94. The van der Waals surface area contributed by atoms with E-state index in [1.807, 2.05) is 42.5 Å². The minimum atomic E-state index is -0.448. The third-order valence-electron chi connectivity index (χ3n) is 5.46. The van der Waals surface area contributed by atoms with Crippen LogP contribution in [0.5, 0.6) is 11.5 Å². The van der Waals surface area contributed by atoms with Crippen molar-refractivity contribution in [1.82, 2.24) is 4.98 Å². The van der Waals surface area contributed by atoms with Gasteiger partial charge in [0.05, 0.1) is 5.92 Å². The van der Waals surface area contributed by atoms with Crippen molar-refractivity contribution >= 4 is 23.3 Å². The molecule has 0 saturated carbocycles. The fraction of sp³-hybridized carbons (Fsp3) is 0.208. The van der Waals surface area contributed by atoms with E-state index in [1.54, 1.807) is 29.3 Å². The first-order chi connectivity index (χ1) is 15.2. The second-order valence-electron chi connectivity index (χ2n) is 7.52. The Bertz CT molecular complexity index is 1120. The van der Waals surface area contributed by atoms with Gasteiger partial charge < -0.3 is 19.7 Å². The quantitative estimate of drug-likeness (QED) is 0.705. The predicted molar refractivity (Wildman–Crippen MR) is 116 cm³/mol. The molecule has 31 heavy (non-hydrogen) atoms. The normalized spacial score (nSPS) is 17.5. The summed E-state index contributed by atoms with van der Waals surface area (Å²) in [6.07, 6.45) is 1.88. The number of carbonyl (C=O) groups excluding carboxylic acids is 2. The molecular formula is C24H21N3O4. The molecule has 0 aliphatic carbocycles. The summed E-state index contributed by atoms with van der Waals surface area (Å²) in [7, 11) is 0. The molecule has 1 unspecified atom stereocenters. The minimum Gasteiger partial charge on any atom is -0.486 e. The molecule has 2 amide bonds. The van der Waals surface area contributed by atoms with E-state index in [4.69, 9.17) is 9.47 Å². The highest BCUT2D eigenvalue weighted by Gasteiger charge is 2.35. The van der Waals surface area contributed by atoms with Gasteiger partial charge in [0, 0.05) is 36.5 Å². The molecule has 2 aliphatic heterocycles. The number of rotatable bonds is 4. The maximum absolute atomic E-state index is 12.8. The molecule has 0 bridgehead atoms. The Balaban J connectivity index is 1.25. The van der Waals surface area contributed by atoms with Gasteiger partial charge in [0.25, 0.3) is 0 Å². The SMILES string of the molecule is O=C(Nc1ccc(-c2ccccc2)cn1)C1CC(=O)N(c2ccc3c(c2)OCCO3)C1. The highest BCUT2D eigenvalue weighted by Crippen LogP contribution is 2.36. The fourth-order valence-electron chi connectivity index (χ4n) is 3.83. The standard InChI is InChI=1S/C24H21N3O4/c28-23-12-18(15-27(23)19-7-8-20-21(13-19)31-11-10-30-20)24(29)26-22-9-6-17(14-25-22)16-4-2-1-3-5-16/h1-9,13-14,18H,10-12,15H2,(H,25,26,29). The van der Waals surface area contributed by atoms with Crippen LogP contribution in [0.15, 0.2) is 66.9 Å². The van der Waals surface area contributed by atoms with Crippen molar-refractivity contribution in [2.75, 3.05) is 30.0 Å². The summed E-state index contributed by atoms with van der Waals surface area (Å²) in [5.74, 6) is 0.997. The van der Waals surface area contributed by atoms with Gasteiger partial charge in [0.2, 0.25) is 11.8 Å². The van der Waals surface area contributed by atoms with Gasteiger partial charge in [0.1, 0.15) is 19.0 Å². The maximum atomic E-state index is 12.8. The lowest BCUT2D eigenvalue weighted by molar-refractivity contribution is -0.122. The molecule has 2 aliphatic rings. The molecule has 0 radical (unpaired) electrons. The van der Waals surface area contributed by atoms with E-state index in [2.05, 4.69) is 10.3 Å². The molecule has 0 spiro atoms. The van der Waals surface area contributed by atoms with E-state index in [0.717, 1.165) is 11.1 Å². The van der Waals surface area contributed by atoms with Crippen LogP contribution in [-0.4, -0.2) is 36.6 Å². The lowest BCUT2D eigenvalue weighted by Crippen LogP contribution is -2.28. The largest absolute Gasteiger partial charge is 0.486 e. The fourth-order valence-corrected chi connectivity index (χ4v) is 3.83. The summed E-state index contributed by atoms with van der Waals surface area (Å²) in [5.41, 5.74) is 2.73. The van der Waals surface area contributed by atoms with E-state index in [0.29, 0.717) is 42.8 Å². The summed E-state index contributed by atoms with van der Waals surface area (Å²) in [5, 5.41) is 2.83. The second kappa shape index (κ2) is 8.10. The Labute approximate surface area is 179 Å². The van der Waals surface area contributed by atoms with E-state index in [1.165, 1.54) is 0 Å². The van der Waals surface area contributed by atoms with Crippen LogP contribution >= 0.6 is 0 Å². The second-order valence-corrected chi connectivity index (χ2v) is 7.52. The molecule has 3 heterocycles. The van der Waals surface area contributed by atoms with Gasteiger partial charge in [0.15, 0.2) is 11.5 Å². The molecule has 1 saturated heterocycles. The van der Waals surface area contributed by atoms with Crippen molar-refractivity contribution in [2.24, 2.45) is 5.92 Å². The highest BCUT2D eigenvalue weighted by molar-refractivity contribution is 6.03. The number of carbonyl (C=O) groups is 2. The first kappa shape index (κ1) is 19.1. The predicted octanol–water partition coefficient (Wildman–Crippen LogP) is 3.51. The van der Waals surface area contributed by atoms with Gasteiger partial charge in [-0.1, -0.05) is 30.3 Å². The van der Waals surface area contributed by atoms with E-state index >= 15 is 0 Å². The van der Waals surface area contributed by atoms with Gasteiger partial charge in [-0.3, -0.25) is 9.59 Å². The van der Waals surface area contributed by atoms with Gasteiger partial charge in [-0.15, -0.1) is 0 Å². The van der Waals surface area contributed by atoms with Crippen LogP contribution in [-0.2, 0) is 9.59 Å². The van der Waals surface area contributed by atoms with Crippen molar-refractivity contribution in [3.8, 4) is 22.6 Å². The zero-order chi connectivity index (χ0) is 21.2. The van der Waals surface area contributed by atoms with Crippen molar-refractivity contribution in [3.05, 3.63) is 66.9 Å². The summed E-state index contributed by atoms with van der Waals surface area (Å²) in [4.78, 5) is 31.3. The topological polar surface area (TPSA) is 80.8 Å². The smallest absolute Gasteiger partial charge is 0.230 e. The number of aromatic nitrogens is 1. The minimum absolute atomic E-state index is 0.0933. The number of hydrogen-bond acceptors (Lipinski definition) is 5. The first-order valence-corrected chi connectivity index (χ1v) is 10.2. The van der Waals surface area contributed by atoms with Crippen LogP contribution in [0.2, 0.25) is 0 Å². The van der Waals surface area contributed by atoms with Crippen molar-refractivity contribution in [1.29, 1.82) is 0 Å². The Kier molecular flexibility index (Phi) is 5.00. The zero-order valence-corrected chi connectivity index (χ0v) is 16.8. The monoisotopic (exact) mass is 415 g/mol. The number of nitrogens with one attached hydrogen (secondary N) is 1. The van der Waals surface area contributed by atoms with Crippen LogP contribution in [0.1, 0.15) is 6.42 Å². The summed E-state index contributed by atoms with van der Waals surface area (Å²) in [6.45, 7) is 1.30. The molecule has 7 heteroatoms. The van der Waals surface area contributed by atoms with Gasteiger partial charge in [-0.2, -0.15) is 0 Å². The van der Waals surface area contributed by atoms with Crippen LogP contribution in [0.3, 0.4) is 0 Å². The number of anilines is 2. The molecule has 156 valence electrons. The van der Waals surface area contributed by atoms with Crippen LogP contribution < -0.4 is 19.7 Å². The number of ether oxygens (including phenoxy) is 2. The lowest BCUT2D eigenvalue weighted by atomic mass is 10.1. The van der Waals surface area contributed by atoms with E-state index in [-0.39, 0.29) is 18.2 Å². The molecule has 1 atom stereocenters. The Hall–Kier alpha value is -3.87. The van der Waals surface area contributed by atoms with E-state index in [9.17, 15) is 9.59 Å². The maximum Gasteiger partial charge on any atom is 0.230 e. The molecule has 1 aromatic heterocycles. The van der Waals surface area contributed by atoms with Crippen molar-refractivity contribution in [2.45, 2.75) is 6.42 Å². The average Bonchev–Trinajstić information content (AvgIpc) is 3.21. The van der Waals surface area contributed by atoms with Gasteiger partial charge in [-0.25, -0.2) is 4.98 Å². The van der Waals surface area contributed by atoms with Crippen LogP contribution in [0.25, 0.3) is 11.1 Å². The molecule has 3 aromatic rings. The van der Waals surface area contributed by atoms with Crippen molar-refractivity contribution < 1.29 is 19.1 Å². The first-order valence-electron chi connectivity index (χ1n) is 10.2. The zero-order valence-electron chi connectivity index (χ0n) is 16.8. The molecule has 1 fully saturated rings. The Morgan fingerprint density at radius 1 is 0.968 bits per heavy atom. The Morgan fingerprint density at radius 3 is 2.55 bits per heavy atom. The molecule has 7 nitrogen and oxygen atoms in total. The lowest BCUT2D eigenvalue weighted by Gasteiger charge is -2.22. The Morgan fingerprint density at radius 2 is 1.77 bits per heavy atom. The molecule has 2 aromatic carbocycles. The van der Waals surface area contributed by atoms with Crippen LogP contribution in [0, 0.1) is 5.92 Å². The van der Waals surface area contributed by atoms with Gasteiger partial charge >= 0.3 is 0 Å². The van der Waals surface area contributed by atoms with Crippen LogP contribution in [0.4, 0.5) is 11.5 Å². The number of amides is 2. The summed E-state index contributed by atoms with van der Waals surface area (Å²) >= 11 is 0. The number of pyridine rings is 1. The summed E-state index contributed by atoms with van der Waals surface area (Å²) in [6, 6.07) is 19.0. The highest BCUT2D eigenvalue weighted by atomic mass is 16.6. The average molecular weight is 415 g/mol. The molecule has 5 rings (SSSR count). The number of benzene rings is 2. The molecular weight excluding hydrogens is 394 g/mol. The number of nitrogens with zero attached hydrogens (tertiary/aromatic N) is 2. The number of hydrogen-bond donors (Lipinski definition) is 1. The third-order valence-corrected chi connectivity index (χ3v) is 5.46. The van der Waals surface area contributed by atoms with Gasteiger partial charge in [-0.05, 0) is 29.8 Å².